The number of carbonyl (C=O) groups excluding carboxylic acids is 1. The number of fused-ring (bicyclic) bond motifs is 1. The molecule has 2 aliphatic rings. The van der Waals surface area contributed by atoms with Gasteiger partial charge < -0.3 is 15.4 Å². The number of aryl methyl sites for hydroxylation is 1. The molecule has 9 nitrogen and oxygen atoms in total. The average molecular weight is 488 g/mol. The highest BCUT2D eigenvalue weighted by molar-refractivity contribution is 6.30. The second kappa shape index (κ2) is 9.18. The summed E-state index contributed by atoms with van der Waals surface area (Å²) in [6.45, 7) is 3.98. The Kier molecular flexibility index (Phi) is 6.26. The van der Waals surface area contributed by atoms with Gasteiger partial charge in [0.15, 0.2) is 5.41 Å². The summed E-state index contributed by atoms with van der Waals surface area (Å²) < 4.78 is 6.72. The number of allylic oxidation sites excluding steroid dienone is 2. The van der Waals surface area contributed by atoms with Crippen LogP contribution in [0.4, 0.5) is 4.79 Å². The summed E-state index contributed by atoms with van der Waals surface area (Å²) in [6, 6.07) is 15.5. The van der Waals surface area contributed by atoms with Crippen LogP contribution in [0, 0.1) is 52.2 Å². The minimum atomic E-state index is -1.90. The van der Waals surface area contributed by atoms with Crippen LogP contribution in [0.15, 0.2) is 53.3 Å². The topological polar surface area (TPSA) is 145 Å². The molecule has 1 aliphatic carbocycles. The molecule has 2 N–H and O–H groups in total. The van der Waals surface area contributed by atoms with Gasteiger partial charge in [-0.3, -0.25) is 0 Å². The van der Waals surface area contributed by atoms with E-state index in [1.807, 2.05) is 30.3 Å². The predicted octanol–water partition coefficient (Wildman–Crippen LogP) is 3.72. The summed E-state index contributed by atoms with van der Waals surface area (Å²) in [6.07, 6.45) is 1.21. The first-order valence-corrected chi connectivity index (χ1v) is 11.4. The Morgan fingerprint density at radius 2 is 1.97 bits per heavy atom. The lowest BCUT2D eigenvalue weighted by Crippen LogP contribution is -2.49. The van der Waals surface area contributed by atoms with Crippen molar-refractivity contribution in [2.24, 2.45) is 17.1 Å². The number of carbonyl (C=O) groups is 1. The number of amides is 1. The van der Waals surface area contributed by atoms with Gasteiger partial charge in [-0.25, -0.2) is 9.48 Å². The van der Waals surface area contributed by atoms with Crippen LogP contribution in [-0.2, 0) is 4.74 Å². The Morgan fingerprint density at radius 3 is 2.57 bits per heavy atom. The molecule has 4 rings (SSSR count). The third-order valence-electron chi connectivity index (χ3n) is 6.55. The number of rotatable bonds is 3. The number of para-hydroxylation sites is 1. The van der Waals surface area contributed by atoms with Crippen molar-refractivity contribution in [1.29, 1.82) is 15.8 Å². The van der Waals surface area contributed by atoms with Crippen molar-refractivity contribution in [3.05, 3.63) is 69.7 Å². The van der Waals surface area contributed by atoms with Crippen LogP contribution in [-0.4, -0.2) is 40.5 Å². The molecule has 35 heavy (non-hydrogen) atoms. The van der Waals surface area contributed by atoms with E-state index >= 15 is 0 Å². The number of hydrogen-bond donors (Lipinski definition) is 1. The number of halogens is 1. The van der Waals surface area contributed by atoms with E-state index < -0.39 is 23.3 Å². The van der Waals surface area contributed by atoms with Crippen LogP contribution in [0.5, 0.6) is 0 Å². The number of aromatic nitrogens is 2. The monoisotopic (exact) mass is 487 g/mol. The molecule has 1 aliphatic heterocycles. The maximum absolute atomic E-state index is 12.6. The summed E-state index contributed by atoms with van der Waals surface area (Å²) in [4.78, 5) is 14.0. The second-order valence-corrected chi connectivity index (χ2v) is 8.67. The first-order valence-electron chi connectivity index (χ1n) is 11.0. The summed E-state index contributed by atoms with van der Waals surface area (Å²) >= 11 is 6.87. The van der Waals surface area contributed by atoms with Crippen molar-refractivity contribution in [2.75, 3.05) is 19.7 Å². The molecule has 0 spiro atoms. The molecule has 0 saturated carbocycles. The van der Waals surface area contributed by atoms with Gasteiger partial charge in [-0.2, -0.15) is 20.9 Å². The summed E-state index contributed by atoms with van der Waals surface area (Å²) in [5.74, 6) is -1.50. The number of hydrogen-bond acceptors (Lipinski definition) is 7. The van der Waals surface area contributed by atoms with E-state index in [2.05, 4.69) is 23.3 Å². The van der Waals surface area contributed by atoms with Gasteiger partial charge in [0.05, 0.1) is 41.4 Å². The van der Waals surface area contributed by atoms with Gasteiger partial charge in [0, 0.05) is 30.5 Å². The lowest BCUT2D eigenvalue weighted by molar-refractivity contribution is 0.0999. The second-order valence-electron chi connectivity index (χ2n) is 8.32. The van der Waals surface area contributed by atoms with E-state index in [4.69, 9.17) is 22.1 Å². The van der Waals surface area contributed by atoms with Crippen molar-refractivity contribution < 1.29 is 9.53 Å². The van der Waals surface area contributed by atoms with Gasteiger partial charge in [0.2, 0.25) is 0 Å². The summed E-state index contributed by atoms with van der Waals surface area (Å²) in [7, 11) is 0. The molecule has 2 heterocycles. The van der Waals surface area contributed by atoms with Crippen molar-refractivity contribution >= 4 is 17.7 Å². The Hall–Kier alpha value is -4.26. The molecule has 0 radical (unpaired) electrons. The van der Waals surface area contributed by atoms with E-state index in [0.29, 0.717) is 22.5 Å². The SMILES string of the molecule is CCOC(=O)N1CC=C2C(C#N)=C(N)C(C#N)(C#N)[C@H](c3c(C)nn(-c4ccccc4)c3Cl)[C@H]2C1. The zero-order valence-electron chi connectivity index (χ0n) is 19.2. The Bertz CT molecular complexity index is 1360. The third-order valence-corrected chi connectivity index (χ3v) is 6.91. The highest BCUT2D eigenvalue weighted by Crippen LogP contribution is 2.56. The maximum Gasteiger partial charge on any atom is 0.410 e. The predicted molar refractivity (Wildman–Crippen MR) is 127 cm³/mol. The Morgan fingerprint density at radius 1 is 1.29 bits per heavy atom. The Balaban J connectivity index is 1.98. The lowest BCUT2D eigenvalue weighted by atomic mass is 9.58. The van der Waals surface area contributed by atoms with Gasteiger partial charge in [-0.15, -0.1) is 0 Å². The van der Waals surface area contributed by atoms with E-state index in [1.54, 1.807) is 24.6 Å². The van der Waals surface area contributed by atoms with Gasteiger partial charge in [0.1, 0.15) is 11.2 Å². The summed E-state index contributed by atoms with van der Waals surface area (Å²) in [5.41, 5.74) is 6.72. The molecule has 0 saturated heterocycles. The van der Waals surface area contributed by atoms with Crippen LogP contribution >= 0.6 is 11.6 Å². The number of benzene rings is 1. The van der Waals surface area contributed by atoms with Crippen LogP contribution in [0.1, 0.15) is 24.1 Å². The molecule has 2 atom stereocenters. The molecule has 0 fully saturated rings. The number of nitriles is 3. The highest BCUT2D eigenvalue weighted by Gasteiger charge is 2.56. The quantitative estimate of drug-likeness (QED) is 0.694. The molecule has 2 aromatic rings. The first kappa shape index (κ1) is 23.9. The fourth-order valence-corrected chi connectivity index (χ4v) is 5.35. The van der Waals surface area contributed by atoms with Crippen LogP contribution in [0.3, 0.4) is 0 Å². The standard InChI is InChI=1S/C25H22ClN7O2/c1-3-35-24(34)32-10-9-17-18(11-27)22(30)25(13-28,14-29)21(19(17)12-32)20-15(2)31-33(23(20)26)16-7-5-4-6-8-16/h4-9,19,21H,3,10,12,30H2,1-2H3/t19-,21-/m0/s1. The third kappa shape index (κ3) is 3.60. The highest BCUT2D eigenvalue weighted by atomic mass is 35.5. The molecular formula is C25H22ClN7O2. The molecule has 1 aromatic carbocycles. The van der Waals surface area contributed by atoms with Crippen molar-refractivity contribution in [3.8, 4) is 23.9 Å². The van der Waals surface area contributed by atoms with Gasteiger partial charge >= 0.3 is 6.09 Å². The first-order chi connectivity index (χ1) is 16.8. The number of nitrogens with zero attached hydrogens (tertiary/aromatic N) is 6. The fourth-order valence-electron chi connectivity index (χ4n) is 4.96. The molecule has 10 heteroatoms. The fraction of sp³-hybridized carbons (Fsp3) is 0.320. The van der Waals surface area contributed by atoms with Crippen LogP contribution in [0.25, 0.3) is 5.69 Å². The largest absolute Gasteiger partial charge is 0.450 e. The molecule has 0 bridgehead atoms. The van der Waals surface area contributed by atoms with Crippen molar-refractivity contribution in [2.45, 2.75) is 19.8 Å². The van der Waals surface area contributed by atoms with Gasteiger partial charge in [-0.05, 0) is 31.6 Å². The zero-order chi connectivity index (χ0) is 25.3. The molecule has 0 unspecified atom stereocenters. The minimum Gasteiger partial charge on any atom is -0.450 e. The molecule has 1 amide bonds. The van der Waals surface area contributed by atoms with Gasteiger partial charge in [0.25, 0.3) is 0 Å². The zero-order valence-corrected chi connectivity index (χ0v) is 20.0. The van der Waals surface area contributed by atoms with E-state index in [9.17, 15) is 20.6 Å². The number of nitrogens with two attached hydrogens (primary N) is 1. The number of ether oxygens (including phenoxy) is 1. The van der Waals surface area contributed by atoms with Crippen molar-refractivity contribution in [3.63, 3.8) is 0 Å². The van der Waals surface area contributed by atoms with Crippen LogP contribution < -0.4 is 5.73 Å². The molecular weight excluding hydrogens is 466 g/mol. The minimum absolute atomic E-state index is 0.0853. The van der Waals surface area contributed by atoms with Crippen LogP contribution in [0.2, 0.25) is 5.15 Å². The molecule has 1 aromatic heterocycles. The average Bonchev–Trinajstić information content (AvgIpc) is 3.17. The normalized spacial score (nSPS) is 20.7. The summed E-state index contributed by atoms with van der Waals surface area (Å²) in [5, 5.41) is 35.4. The smallest absolute Gasteiger partial charge is 0.410 e. The van der Waals surface area contributed by atoms with Crippen molar-refractivity contribution in [1.82, 2.24) is 14.7 Å². The maximum atomic E-state index is 12.6. The van der Waals surface area contributed by atoms with E-state index in [1.165, 1.54) is 4.90 Å². The van der Waals surface area contributed by atoms with E-state index in [-0.39, 0.29) is 36.1 Å². The van der Waals surface area contributed by atoms with Gasteiger partial charge in [-0.1, -0.05) is 35.9 Å². The van der Waals surface area contributed by atoms with E-state index in [0.717, 1.165) is 0 Å². The Labute approximate surface area is 207 Å². The lowest BCUT2D eigenvalue weighted by Gasteiger charge is -2.45. The molecule has 176 valence electrons.